The summed E-state index contributed by atoms with van der Waals surface area (Å²) in [5.74, 6) is 1.32. The molecule has 2 aliphatic heterocycles. The van der Waals surface area contributed by atoms with Crippen LogP contribution in [-0.2, 0) is 17.8 Å². The van der Waals surface area contributed by atoms with Crippen molar-refractivity contribution < 1.29 is 9.53 Å². The van der Waals surface area contributed by atoms with Gasteiger partial charge in [0, 0.05) is 45.0 Å². The molecule has 1 saturated heterocycles. The Labute approximate surface area is 147 Å². The number of hydrogen-bond donors (Lipinski definition) is 2. The van der Waals surface area contributed by atoms with Crippen LogP contribution in [0.15, 0.2) is 30.3 Å². The van der Waals surface area contributed by atoms with Gasteiger partial charge < -0.3 is 19.9 Å². The van der Waals surface area contributed by atoms with Gasteiger partial charge in [-0.1, -0.05) is 30.3 Å². The van der Waals surface area contributed by atoms with Gasteiger partial charge in [0.25, 0.3) is 5.91 Å². The number of carbonyl (C=O) groups is 1. The number of hydrogen-bond acceptors (Lipinski definition) is 4. The molecule has 1 aromatic heterocycles. The number of carbonyl (C=O) groups excluding carboxylic acids is 1. The molecule has 132 valence electrons. The van der Waals surface area contributed by atoms with Crippen molar-refractivity contribution in [2.24, 2.45) is 5.92 Å². The molecule has 0 bridgehead atoms. The first-order valence-corrected chi connectivity index (χ1v) is 9.04. The number of nitrogens with one attached hydrogen (secondary N) is 2. The number of nitrogens with zero attached hydrogens (tertiary/aromatic N) is 2. The lowest BCUT2D eigenvalue weighted by Crippen LogP contribution is -2.34. The fraction of sp³-hybridized carbons (Fsp3) is 0.474. The summed E-state index contributed by atoms with van der Waals surface area (Å²) in [4.78, 5) is 17.5. The molecule has 4 rings (SSSR count). The average Bonchev–Trinajstić information content (AvgIpc) is 3.07. The predicted molar refractivity (Wildman–Crippen MR) is 95.2 cm³/mol. The number of fused-ring (bicyclic) bond motifs is 1. The first-order chi connectivity index (χ1) is 12.3. The molecule has 0 aliphatic carbocycles. The monoisotopic (exact) mass is 340 g/mol. The van der Waals surface area contributed by atoms with Gasteiger partial charge in [-0.25, -0.2) is 4.98 Å². The Morgan fingerprint density at radius 3 is 2.88 bits per heavy atom. The van der Waals surface area contributed by atoms with Gasteiger partial charge in [-0.15, -0.1) is 0 Å². The third-order valence-electron chi connectivity index (χ3n) is 5.02. The molecule has 6 heteroatoms. The van der Waals surface area contributed by atoms with Crippen molar-refractivity contribution in [1.29, 1.82) is 0 Å². The molecule has 1 amide bonds. The number of benzene rings is 1. The highest BCUT2D eigenvalue weighted by atomic mass is 16.5. The van der Waals surface area contributed by atoms with Gasteiger partial charge in [-0.3, -0.25) is 4.79 Å². The van der Waals surface area contributed by atoms with E-state index in [1.165, 1.54) is 0 Å². The third-order valence-corrected chi connectivity index (χ3v) is 5.02. The van der Waals surface area contributed by atoms with E-state index in [0.29, 0.717) is 24.7 Å². The molecule has 0 spiro atoms. The fourth-order valence-electron chi connectivity index (χ4n) is 3.56. The molecule has 3 heterocycles. The zero-order valence-corrected chi connectivity index (χ0v) is 14.3. The molecule has 0 saturated carbocycles. The fourth-order valence-corrected chi connectivity index (χ4v) is 3.56. The van der Waals surface area contributed by atoms with Crippen LogP contribution < -0.4 is 10.6 Å². The number of imidazole rings is 1. The van der Waals surface area contributed by atoms with Crippen molar-refractivity contribution in [2.45, 2.75) is 25.9 Å². The Kier molecular flexibility index (Phi) is 4.81. The summed E-state index contributed by atoms with van der Waals surface area (Å²) in [6.45, 7) is 4.69. The maximum Gasteiger partial charge on any atom is 0.271 e. The Morgan fingerprint density at radius 2 is 2.08 bits per heavy atom. The molecule has 2 N–H and O–H groups in total. The van der Waals surface area contributed by atoms with Crippen LogP contribution in [0, 0.1) is 5.92 Å². The van der Waals surface area contributed by atoms with E-state index in [0.717, 1.165) is 56.2 Å². The second-order valence-electron chi connectivity index (χ2n) is 6.69. The van der Waals surface area contributed by atoms with E-state index in [9.17, 15) is 4.79 Å². The SMILES string of the molecule is O=C(NCC1CCOCC1)c1nc(-c2ccccc2)n2c1CNCC2. The molecule has 6 nitrogen and oxygen atoms in total. The highest BCUT2D eigenvalue weighted by Crippen LogP contribution is 2.24. The van der Waals surface area contributed by atoms with E-state index >= 15 is 0 Å². The van der Waals surface area contributed by atoms with E-state index < -0.39 is 0 Å². The van der Waals surface area contributed by atoms with Crippen molar-refractivity contribution in [3.05, 3.63) is 41.7 Å². The minimum Gasteiger partial charge on any atom is -0.381 e. The van der Waals surface area contributed by atoms with Crippen LogP contribution >= 0.6 is 0 Å². The number of rotatable bonds is 4. The minimum absolute atomic E-state index is 0.0684. The van der Waals surface area contributed by atoms with Gasteiger partial charge in [-0.05, 0) is 18.8 Å². The molecule has 0 radical (unpaired) electrons. The summed E-state index contributed by atoms with van der Waals surface area (Å²) in [6.07, 6.45) is 2.02. The van der Waals surface area contributed by atoms with Crippen LogP contribution in [0.1, 0.15) is 29.0 Å². The van der Waals surface area contributed by atoms with Crippen LogP contribution in [0.4, 0.5) is 0 Å². The summed E-state index contributed by atoms with van der Waals surface area (Å²) < 4.78 is 7.56. The summed E-state index contributed by atoms with van der Waals surface area (Å²) in [5.41, 5.74) is 2.59. The molecular weight excluding hydrogens is 316 g/mol. The zero-order chi connectivity index (χ0) is 17.1. The van der Waals surface area contributed by atoms with E-state index in [2.05, 4.69) is 15.2 Å². The third kappa shape index (κ3) is 3.45. The Morgan fingerprint density at radius 1 is 1.28 bits per heavy atom. The summed E-state index contributed by atoms with van der Waals surface area (Å²) in [6, 6.07) is 10.1. The van der Waals surface area contributed by atoms with Crippen LogP contribution in [0.3, 0.4) is 0 Å². The van der Waals surface area contributed by atoms with Gasteiger partial charge in [0.15, 0.2) is 5.69 Å². The number of ether oxygens (including phenoxy) is 1. The first kappa shape index (κ1) is 16.3. The lowest BCUT2D eigenvalue weighted by atomic mass is 10.0. The second kappa shape index (κ2) is 7.37. The van der Waals surface area contributed by atoms with Crippen LogP contribution in [0.5, 0.6) is 0 Å². The van der Waals surface area contributed by atoms with Gasteiger partial charge >= 0.3 is 0 Å². The van der Waals surface area contributed by atoms with Crippen molar-refractivity contribution in [3.8, 4) is 11.4 Å². The summed E-state index contributed by atoms with van der Waals surface area (Å²) in [7, 11) is 0. The van der Waals surface area contributed by atoms with E-state index in [-0.39, 0.29) is 5.91 Å². The first-order valence-electron chi connectivity index (χ1n) is 9.04. The second-order valence-corrected chi connectivity index (χ2v) is 6.69. The van der Waals surface area contributed by atoms with Crippen LogP contribution in [0.2, 0.25) is 0 Å². The smallest absolute Gasteiger partial charge is 0.271 e. The molecule has 0 atom stereocenters. The maximum absolute atomic E-state index is 12.8. The molecule has 1 aromatic carbocycles. The Balaban J connectivity index is 1.56. The standard InChI is InChI=1S/C19H24N4O2/c24-19(21-12-14-6-10-25-11-7-14)17-16-13-20-8-9-23(16)18(22-17)15-4-2-1-3-5-15/h1-5,14,20H,6-13H2,(H,21,24). The molecule has 2 aliphatic rings. The maximum atomic E-state index is 12.8. The molecule has 0 unspecified atom stereocenters. The van der Waals surface area contributed by atoms with Gasteiger partial charge in [0.1, 0.15) is 5.82 Å². The van der Waals surface area contributed by atoms with Crippen molar-refractivity contribution in [3.63, 3.8) is 0 Å². The van der Waals surface area contributed by atoms with Gasteiger partial charge in [0.2, 0.25) is 0 Å². The molecule has 1 fully saturated rings. The Hall–Kier alpha value is -2.18. The highest BCUT2D eigenvalue weighted by Gasteiger charge is 2.25. The number of aromatic nitrogens is 2. The van der Waals surface area contributed by atoms with Crippen molar-refractivity contribution in [1.82, 2.24) is 20.2 Å². The normalized spacial score (nSPS) is 17.9. The largest absolute Gasteiger partial charge is 0.381 e. The summed E-state index contributed by atoms with van der Waals surface area (Å²) in [5, 5.41) is 6.43. The van der Waals surface area contributed by atoms with Crippen LogP contribution in [0.25, 0.3) is 11.4 Å². The van der Waals surface area contributed by atoms with E-state index in [1.54, 1.807) is 0 Å². The lowest BCUT2D eigenvalue weighted by Gasteiger charge is -2.22. The molecule has 25 heavy (non-hydrogen) atoms. The topological polar surface area (TPSA) is 68.2 Å². The quantitative estimate of drug-likeness (QED) is 0.891. The molecular formula is C19H24N4O2. The average molecular weight is 340 g/mol. The number of amides is 1. The van der Waals surface area contributed by atoms with Gasteiger partial charge in [0.05, 0.1) is 5.69 Å². The van der Waals surface area contributed by atoms with E-state index in [4.69, 9.17) is 9.72 Å². The highest BCUT2D eigenvalue weighted by molar-refractivity contribution is 5.94. The predicted octanol–water partition coefficient (Wildman–Crippen LogP) is 1.81. The van der Waals surface area contributed by atoms with Crippen molar-refractivity contribution in [2.75, 3.05) is 26.3 Å². The van der Waals surface area contributed by atoms with Crippen LogP contribution in [-0.4, -0.2) is 41.8 Å². The van der Waals surface area contributed by atoms with Gasteiger partial charge in [-0.2, -0.15) is 0 Å². The summed E-state index contributed by atoms with van der Waals surface area (Å²) >= 11 is 0. The Bertz CT molecular complexity index is 735. The lowest BCUT2D eigenvalue weighted by molar-refractivity contribution is 0.0642. The van der Waals surface area contributed by atoms with E-state index in [1.807, 2.05) is 30.3 Å². The zero-order valence-electron chi connectivity index (χ0n) is 14.3. The van der Waals surface area contributed by atoms with Crippen molar-refractivity contribution >= 4 is 5.91 Å². The minimum atomic E-state index is -0.0684. The molecule has 2 aromatic rings.